The number of nitrogens with one attached hydrogen (secondary N) is 3. The molecule has 0 bridgehead atoms. The van der Waals surface area contributed by atoms with Crippen molar-refractivity contribution in [1.82, 2.24) is 10.6 Å². The molecule has 1 rings (SSSR count). The topological polar surface area (TPSA) is 70.2 Å². The number of hydrogen-bond donors (Lipinski definition) is 3. The van der Waals surface area contributed by atoms with Gasteiger partial charge in [0.2, 0.25) is 5.91 Å². The van der Waals surface area contributed by atoms with Crippen molar-refractivity contribution in [2.24, 2.45) is 0 Å². The number of carbonyl (C=O) groups excluding carboxylic acids is 2. The SMILES string of the molecule is Cc1cccc(NCC(=O)NC(=O)NC(C)(C)C)c1. The van der Waals surface area contributed by atoms with Crippen molar-refractivity contribution in [1.29, 1.82) is 0 Å². The molecule has 0 fully saturated rings. The molecular weight excluding hydrogens is 242 g/mol. The van der Waals surface area contributed by atoms with Crippen LogP contribution in [0.15, 0.2) is 24.3 Å². The highest BCUT2D eigenvalue weighted by atomic mass is 16.2. The Balaban J connectivity index is 2.38. The van der Waals surface area contributed by atoms with Crippen LogP contribution in [0.3, 0.4) is 0 Å². The summed E-state index contributed by atoms with van der Waals surface area (Å²) >= 11 is 0. The van der Waals surface area contributed by atoms with E-state index in [1.54, 1.807) is 0 Å². The van der Waals surface area contributed by atoms with Crippen LogP contribution in [0.5, 0.6) is 0 Å². The number of aryl methyl sites for hydroxylation is 1. The summed E-state index contributed by atoms with van der Waals surface area (Å²) in [6, 6.07) is 7.20. The van der Waals surface area contributed by atoms with Gasteiger partial charge >= 0.3 is 6.03 Å². The Labute approximate surface area is 113 Å². The van der Waals surface area contributed by atoms with Crippen LogP contribution in [-0.2, 0) is 4.79 Å². The third-order valence-electron chi connectivity index (χ3n) is 2.21. The molecule has 0 spiro atoms. The second-order valence-corrected chi connectivity index (χ2v) is 5.48. The molecule has 5 nitrogen and oxygen atoms in total. The fourth-order valence-corrected chi connectivity index (χ4v) is 1.48. The summed E-state index contributed by atoms with van der Waals surface area (Å²) in [6.45, 7) is 7.58. The molecule has 3 amide bonds. The summed E-state index contributed by atoms with van der Waals surface area (Å²) in [7, 11) is 0. The highest BCUT2D eigenvalue weighted by molar-refractivity contribution is 5.96. The monoisotopic (exact) mass is 263 g/mol. The average Bonchev–Trinajstić information content (AvgIpc) is 2.23. The van der Waals surface area contributed by atoms with Gasteiger partial charge in [0.15, 0.2) is 0 Å². The molecule has 0 aliphatic carbocycles. The second kappa shape index (κ2) is 6.22. The maximum Gasteiger partial charge on any atom is 0.321 e. The van der Waals surface area contributed by atoms with Gasteiger partial charge in [-0.05, 0) is 45.4 Å². The minimum Gasteiger partial charge on any atom is -0.376 e. The fourth-order valence-electron chi connectivity index (χ4n) is 1.48. The van der Waals surface area contributed by atoms with Gasteiger partial charge in [-0.25, -0.2) is 4.79 Å². The van der Waals surface area contributed by atoms with Crippen molar-refractivity contribution in [3.63, 3.8) is 0 Å². The van der Waals surface area contributed by atoms with Gasteiger partial charge in [-0.3, -0.25) is 10.1 Å². The predicted octanol–water partition coefficient (Wildman–Crippen LogP) is 2.03. The molecule has 0 heterocycles. The number of benzene rings is 1. The first-order valence-electron chi connectivity index (χ1n) is 6.19. The molecule has 104 valence electrons. The number of amides is 3. The van der Waals surface area contributed by atoms with Crippen LogP contribution >= 0.6 is 0 Å². The summed E-state index contributed by atoms with van der Waals surface area (Å²) in [6.07, 6.45) is 0. The predicted molar refractivity (Wildman–Crippen MR) is 76.1 cm³/mol. The smallest absolute Gasteiger partial charge is 0.321 e. The van der Waals surface area contributed by atoms with E-state index < -0.39 is 6.03 Å². The maximum absolute atomic E-state index is 11.6. The normalized spacial score (nSPS) is 10.7. The van der Waals surface area contributed by atoms with Crippen molar-refractivity contribution < 1.29 is 9.59 Å². The van der Waals surface area contributed by atoms with Crippen molar-refractivity contribution in [2.45, 2.75) is 33.2 Å². The van der Waals surface area contributed by atoms with Crippen LogP contribution in [0.25, 0.3) is 0 Å². The zero-order chi connectivity index (χ0) is 14.5. The molecule has 0 aliphatic heterocycles. The number of hydrogen-bond acceptors (Lipinski definition) is 3. The Morgan fingerprint density at radius 1 is 1.21 bits per heavy atom. The van der Waals surface area contributed by atoms with E-state index in [0.29, 0.717) is 0 Å². The molecule has 1 aromatic carbocycles. The van der Waals surface area contributed by atoms with Crippen LogP contribution < -0.4 is 16.0 Å². The maximum atomic E-state index is 11.6. The zero-order valence-corrected chi connectivity index (χ0v) is 11.8. The molecule has 0 unspecified atom stereocenters. The van der Waals surface area contributed by atoms with Gasteiger partial charge in [0.1, 0.15) is 0 Å². The Kier molecular flexibility index (Phi) is 4.92. The van der Waals surface area contributed by atoms with Crippen LogP contribution in [0.2, 0.25) is 0 Å². The van der Waals surface area contributed by atoms with Gasteiger partial charge in [-0.2, -0.15) is 0 Å². The highest BCUT2D eigenvalue weighted by Gasteiger charge is 2.15. The summed E-state index contributed by atoms with van der Waals surface area (Å²) in [4.78, 5) is 23.0. The Bertz CT molecular complexity index is 464. The van der Waals surface area contributed by atoms with Crippen molar-refractivity contribution >= 4 is 17.6 Å². The number of anilines is 1. The standard InChI is InChI=1S/C14H21N3O2/c1-10-6-5-7-11(8-10)15-9-12(18)16-13(19)17-14(2,3)4/h5-8,15H,9H2,1-4H3,(H2,16,17,18,19). The quantitative estimate of drug-likeness (QED) is 0.781. The lowest BCUT2D eigenvalue weighted by molar-refractivity contribution is -0.118. The van der Waals surface area contributed by atoms with Gasteiger partial charge in [0, 0.05) is 11.2 Å². The summed E-state index contributed by atoms with van der Waals surface area (Å²) in [5, 5.41) is 7.89. The van der Waals surface area contributed by atoms with Crippen LogP contribution in [0.4, 0.5) is 10.5 Å². The van der Waals surface area contributed by atoms with E-state index in [4.69, 9.17) is 0 Å². The largest absolute Gasteiger partial charge is 0.376 e. The lowest BCUT2D eigenvalue weighted by atomic mass is 10.1. The van der Waals surface area contributed by atoms with E-state index in [-0.39, 0.29) is 18.0 Å². The summed E-state index contributed by atoms with van der Waals surface area (Å²) < 4.78 is 0. The van der Waals surface area contributed by atoms with E-state index in [1.807, 2.05) is 52.0 Å². The minimum atomic E-state index is -0.483. The fraction of sp³-hybridized carbons (Fsp3) is 0.429. The van der Waals surface area contributed by atoms with Crippen molar-refractivity contribution in [2.75, 3.05) is 11.9 Å². The third-order valence-corrected chi connectivity index (χ3v) is 2.21. The minimum absolute atomic E-state index is 0.0566. The van der Waals surface area contributed by atoms with Gasteiger partial charge in [0.25, 0.3) is 0 Å². The third kappa shape index (κ3) is 6.45. The molecule has 5 heteroatoms. The first kappa shape index (κ1) is 15.0. The van der Waals surface area contributed by atoms with E-state index in [0.717, 1.165) is 11.3 Å². The van der Waals surface area contributed by atoms with Gasteiger partial charge in [0.05, 0.1) is 6.54 Å². The molecule has 19 heavy (non-hydrogen) atoms. The number of carbonyl (C=O) groups is 2. The molecule has 0 saturated heterocycles. The lowest BCUT2D eigenvalue weighted by Crippen LogP contribution is -2.49. The Morgan fingerprint density at radius 2 is 1.89 bits per heavy atom. The number of urea groups is 1. The van der Waals surface area contributed by atoms with Gasteiger partial charge in [-0.1, -0.05) is 12.1 Å². The number of imide groups is 1. The van der Waals surface area contributed by atoms with Gasteiger partial charge in [-0.15, -0.1) is 0 Å². The molecule has 0 aromatic heterocycles. The number of rotatable bonds is 3. The Morgan fingerprint density at radius 3 is 2.47 bits per heavy atom. The average molecular weight is 263 g/mol. The molecule has 0 aliphatic rings. The Hall–Kier alpha value is -2.04. The van der Waals surface area contributed by atoms with E-state index in [2.05, 4.69) is 16.0 Å². The molecular formula is C14H21N3O2. The second-order valence-electron chi connectivity index (χ2n) is 5.48. The van der Waals surface area contributed by atoms with Gasteiger partial charge < -0.3 is 10.6 Å². The zero-order valence-electron chi connectivity index (χ0n) is 11.8. The highest BCUT2D eigenvalue weighted by Crippen LogP contribution is 2.08. The molecule has 1 aromatic rings. The van der Waals surface area contributed by atoms with Crippen molar-refractivity contribution in [3.05, 3.63) is 29.8 Å². The van der Waals surface area contributed by atoms with Crippen LogP contribution in [0.1, 0.15) is 26.3 Å². The van der Waals surface area contributed by atoms with Crippen molar-refractivity contribution in [3.8, 4) is 0 Å². The molecule has 0 radical (unpaired) electrons. The van der Waals surface area contributed by atoms with E-state index in [9.17, 15) is 9.59 Å². The first-order valence-corrected chi connectivity index (χ1v) is 6.19. The summed E-state index contributed by atoms with van der Waals surface area (Å²) in [5.74, 6) is -0.372. The molecule has 0 saturated carbocycles. The van der Waals surface area contributed by atoms with E-state index in [1.165, 1.54) is 0 Å². The first-order chi connectivity index (χ1) is 8.76. The summed E-state index contributed by atoms with van der Waals surface area (Å²) in [5.41, 5.74) is 1.59. The lowest BCUT2D eigenvalue weighted by Gasteiger charge is -2.20. The van der Waals surface area contributed by atoms with Crippen LogP contribution in [-0.4, -0.2) is 24.0 Å². The van der Waals surface area contributed by atoms with Crippen LogP contribution in [0, 0.1) is 6.92 Å². The van der Waals surface area contributed by atoms with E-state index >= 15 is 0 Å². The molecule has 3 N–H and O–H groups in total. The molecule has 0 atom stereocenters.